The van der Waals surface area contributed by atoms with Crippen LogP contribution in [0.5, 0.6) is 0 Å². The molecule has 272 valence electrons. The number of nitrogens with one attached hydrogen (secondary N) is 2. The summed E-state index contributed by atoms with van der Waals surface area (Å²) in [5.74, 6) is 0.177. The Bertz CT molecular complexity index is 2060. The van der Waals surface area contributed by atoms with E-state index in [1.165, 1.54) is 5.56 Å². The normalized spacial score (nSPS) is 18.0. The third kappa shape index (κ3) is 8.46. The summed E-state index contributed by atoms with van der Waals surface area (Å²) in [6.07, 6.45) is 14.5. The molecule has 2 amide bonds. The van der Waals surface area contributed by atoms with E-state index in [0.29, 0.717) is 27.1 Å². The summed E-state index contributed by atoms with van der Waals surface area (Å²) in [5.41, 5.74) is 8.80. The molecule has 0 spiro atoms. The number of carbonyl (C=O) groups excluding carboxylic acids is 2. The van der Waals surface area contributed by atoms with E-state index in [0.717, 1.165) is 97.2 Å². The third-order valence-corrected chi connectivity index (χ3v) is 11.5. The number of carbonyl (C=O) groups is 2. The van der Waals surface area contributed by atoms with E-state index in [1.807, 2.05) is 62.5 Å². The fourth-order valence-corrected chi connectivity index (χ4v) is 8.55. The number of amides is 2. The highest BCUT2D eigenvalue weighted by atomic mass is 35.5. The first-order valence-corrected chi connectivity index (χ1v) is 19.2. The van der Waals surface area contributed by atoms with Crippen molar-refractivity contribution in [3.63, 3.8) is 0 Å². The zero-order chi connectivity index (χ0) is 36.9. The molecule has 53 heavy (non-hydrogen) atoms. The number of hydrogen-bond acceptors (Lipinski definition) is 6. The average molecular weight is 748 g/mol. The van der Waals surface area contributed by atoms with Crippen LogP contribution in [0.1, 0.15) is 87.5 Å². The number of benzene rings is 2. The zero-order valence-electron chi connectivity index (χ0n) is 30.1. The minimum absolute atomic E-state index is 0.0648. The third-order valence-electron chi connectivity index (χ3n) is 10.8. The van der Waals surface area contributed by atoms with Crippen LogP contribution >= 0.6 is 23.2 Å². The van der Waals surface area contributed by atoms with Crippen molar-refractivity contribution in [3.8, 4) is 22.3 Å². The van der Waals surface area contributed by atoms with Crippen LogP contribution < -0.4 is 10.6 Å². The minimum Gasteiger partial charge on any atom is -0.349 e. The quantitative estimate of drug-likeness (QED) is 0.156. The Labute approximate surface area is 321 Å². The van der Waals surface area contributed by atoms with Gasteiger partial charge in [0.15, 0.2) is 0 Å². The van der Waals surface area contributed by atoms with Crippen molar-refractivity contribution in [2.45, 2.75) is 76.9 Å². The van der Waals surface area contributed by atoms with E-state index in [2.05, 4.69) is 37.6 Å². The highest BCUT2D eigenvalue weighted by molar-refractivity contribution is 6.36. The van der Waals surface area contributed by atoms with Crippen LogP contribution in [0, 0.1) is 13.8 Å². The molecule has 1 saturated heterocycles. The molecular weight excluding hydrogens is 703 g/mol. The molecular formula is C43H44Cl2N6O2. The molecule has 2 N–H and O–H groups in total. The molecule has 7 rings (SSSR count). The fourth-order valence-electron chi connectivity index (χ4n) is 7.83. The molecule has 0 radical (unpaired) electrons. The molecule has 1 aliphatic carbocycles. The molecule has 1 saturated carbocycles. The van der Waals surface area contributed by atoms with E-state index in [9.17, 15) is 9.59 Å². The standard InChI is InChI=1S/C43H44Cl2N6O2/c1-27-7-13-36(41(45)39(27)31-5-3-19-46-24-31)43(53)49-33-11-9-30(10-12-33)38-16-8-29(23-48-38)26-51-21-17-34(18-22-51)50-42(52)35-14-15-37(44)40(28(35)2)32-6-4-20-47-25-32/h3-8,13-16,19-20,23-25,30,33-34H,9-12,17-18,21-22,26H2,1-2H3,(H,49,53)(H,50,52). The molecule has 10 heteroatoms. The average Bonchev–Trinajstić information content (AvgIpc) is 3.17. The first kappa shape index (κ1) is 36.7. The van der Waals surface area contributed by atoms with Gasteiger partial charge in [-0.25, -0.2) is 0 Å². The van der Waals surface area contributed by atoms with Gasteiger partial charge >= 0.3 is 0 Å². The maximum atomic E-state index is 13.3. The number of aromatic nitrogens is 3. The van der Waals surface area contributed by atoms with Gasteiger partial charge in [-0.1, -0.05) is 47.5 Å². The monoisotopic (exact) mass is 746 g/mol. The molecule has 2 aliphatic rings. The number of rotatable bonds is 9. The Morgan fingerprint density at radius 3 is 1.96 bits per heavy atom. The van der Waals surface area contributed by atoms with Crippen LogP contribution in [0.25, 0.3) is 22.3 Å². The topological polar surface area (TPSA) is 100 Å². The molecule has 5 aromatic rings. The summed E-state index contributed by atoms with van der Waals surface area (Å²) in [4.78, 5) is 42.4. The van der Waals surface area contributed by atoms with Gasteiger partial charge in [-0.15, -0.1) is 0 Å². The lowest BCUT2D eigenvalue weighted by molar-refractivity contribution is 0.0905. The molecule has 2 fully saturated rings. The van der Waals surface area contributed by atoms with Crippen LogP contribution in [-0.4, -0.2) is 56.8 Å². The predicted molar refractivity (Wildman–Crippen MR) is 211 cm³/mol. The van der Waals surface area contributed by atoms with Gasteiger partial charge in [0.2, 0.25) is 0 Å². The van der Waals surface area contributed by atoms with Crippen LogP contribution in [0.3, 0.4) is 0 Å². The van der Waals surface area contributed by atoms with E-state index < -0.39 is 0 Å². The van der Waals surface area contributed by atoms with Crippen LogP contribution in [0.2, 0.25) is 10.0 Å². The number of halogens is 2. The molecule has 0 unspecified atom stereocenters. The van der Waals surface area contributed by atoms with Gasteiger partial charge in [-0.3, -0.25) is 29.4 Å². The number of aryl methyl sites for hydroxylation is 1. The van der Waals surface area contributed by atoms with Crippen molar-refractivity contribution in [2.24, 2.45) is 0 Å². The predicted octanol–water partition coefficient (Wildman–Crippen LogP) is 8.98. The second-order valence-electron chi connectivity index (χ2n) is 14.3. The van der Waals surface area contributed by atoms with Crippen molar-refractivity contribution in [2.75, 3.05) is 13.1 Å². The fraction of sp³-hybridized carbons (Fsp3) is 0.326. The van der Waals surface area contributed by atoms with Crippen molar-refractivity contribution in [3.05, 3.63) is 135 Å². The Hall–Kier alpha value is -4.63. The largest absolute Gasteiger partial charge is 0.349 e. The number of piperidine rings is 1. The molecule has 4 heterocycles. The maximum absolute atomic E-state index is 13.3. The van der Waals surface area contributed by atoms with Gasteiger partial charge in [0.05, 0.1) is 10.6 Å². The SMILES string of the molecule is Cc1ccc(C(=O)NC2CCC(c3ccc(CN4CCC(NC(=O)c5ccc(Cl)c(-c6cccnc6)c5C)CC4)cn3)CC2)c(Cl)c1-c1cccnc1. The van der Waals surface area contributed by atoms with Gasteiger partial charge in [-0.05, 0) is 105 Å². The second kappa shape index (κ2) is 16.6. The van der Waals surface area contributed by atoms with Crippen LogP contribution in [0.15, 0.2) is 91.6 Å². The lowest BCUT2D eigenvalue weighted by atomic mass is 9.83. The van der Waals surface area contributed by atoms with E-state index in [4.69, 9.17) is 28.2 Å². The Morgan fingerprint density at radius 1 is 0.717 bits per heavy atom. The summed E-state index contributed by atoms with van der Waals surface area (Å²) in [6, 6.07) is 19.6. The van der Waals surface area contributed by atoms with E-state index in [1.54, 1.807) is 30.9 Å². The summed E-state index contributed by atoms with van der Waals surface area (Å²) >= 11 is 13.3. The summed E-state index contributed by atoms with van der Waals surface area (Å²) in [6.45, 7) is 6.58. The number of likely N-dealkylation sites (tertiary alicyclic amines) is 1. The number of nitrogens with zero attached hydrogens (tertiary/aromatic N) is 4. The first-order chi connectivity index (χ1) is 25.7. The van der Waals surface area contributed by atoms with Crippen molar-refractivity contribution in [1.29, 1.82) is 0 Å². The van der Waals surface area contributed by atoms with Gasteiger partial charge in [0, 0.05) is 107 Å². The smallest absolute Gasteiger partial charge is 0.253 e. The highest BCUT2D eigenvalue weighted by Crippen LogP contribution is 2.36. The minimum atomic E-state index is -0.135. The van der Waals surface area contributed by atoms with Gasteiger partial charge < -0.3 is 10.6 Å². The van der Waals surface area contributed by atoms with Gasteiger partial charge in [-0.2, -0.15) is 0 Å². The van der Waals surface area contributed by atoms with Crippen LogP contribution in [-0.2, 0) is 6.54 Å². The lowest BCUT2D eigenvalue weighted by Gasteiger charge is -2.32. The molecule has 3 aromatic heterocycles. The zero-order valence-corrected chi connectivity index (χ0v) is 31.6. The number of pyridine rings is 3. The Kier molecular flexibility index (Phi) is 11.5. The maximum Gasteiger partial charge on any atom is 0.253 e. The van der Waals surface area contributed by atoms with Crippen molar-refractivity contribution < 1.29 is 9.59 Å². The molecule has 1 aliphatic heterocycles. The summed E-state index contributed by atoms with van der Waals surface area (Å²) in [7, 11) is 0. The second-order valence-corrected chi connectivity index (χ2v) is 15.1. The Morgan fingerprint density at radius 2 is 1.34 bits per heavy atom. The Balaban J connectivity index is 0.870. The summed E-state index contributed by atoms with van der Waals surface area (Å²) in [5, 5.41) is 7.58. The van der Waals surface area contributed by atoms with E-state index in [-0.39, 0.29) is 23.9 Å². The molecule has 0 bridgehead atoms. The highest BCUT2D eigenvalue weighted by Gasteiger charge is 2.27. The molecule has 0 atom stereocenters. The summed E-state index contributed by atoms with van der Waals surface area (Å²) < 4.78 is 0. The first-order valence-electron chi connectivity index (χ1n) is 18.4. The van der Waals surface area contributed by atoms with Crippen LogP contribution in [0.4, 0.5) is 0 Å². The van der Waals surface area contributed by atoms with Gasteiger partial charge in [0.1, 0.15) is 0 Å². The van der Waals surface area contributed by atoms with Crippen molar-refractivity contribution in [1.82, 2.24) is 30.5 Å². The molecule has 8 nitrogen and oxygen atoms in total. The van der Waals surface area contributed by atoms with Crippen molar-refractivity contribution >= 4 is 35.0 Å². The van der Waals surface area contributed by atoms with E-state index >= 15 is 0 Å². The lowest BCUT2D eigenvalue weighted by Crippen LogP contribution is -2.44. The van der Waals surface area contributed by atoms with Gasteiger partial charge in [0.25, 0.3) is 11.8 Å². The number of hydrogen-bond donors (Lipinski definition) is 2. The molecule has 2 aromatic carbocycles.